The lowest BCUT2D eigenvalue weighted by Gasteiger charge is -2.04. The van der Waals surface area contributed by atoms with Crippen LogP contribution in [-0.2, 0) is 4.74 Å². The summed E-state index contributed by atoms with van der Waals surface area (Å²) in [5, 5.41) is 2.34. The maximum Gasteiger partial charge on any atom is 0.407 e. The molecule has 1 N–H and O–H groups in total. The van der Waals surface area contributed by atoms with Gasteiger partial charge in [0.15, 0.2) is 0 Å². The van der Waals surface area contributed by atoms with E-state index in [0.717, 1.165) is 0 Å². The molecule has 0 atom stereocenters. The fraction of sp³-hybridized carbons (Fsp3) is 0.857. The molecule has 0 radical (unpaired) electrons. The molecule has 3 nitrogen and oxygen atoms in total. The Morgan fingerprint density at radius 3 is 1.90 bits per heavy atom. The molecule has 0 unspecified atom stereocenters. The van der Waals surface area contributed by atoms with Crippen molar-refractivity contribution in [2.75, 3.05) is 7.05 Å². The van der Waals surface area contributed by atoms with Gasteiger partial charge >= 0.3 is 6.09 Å². The minimum absolute atomic E-state index is 0.0325. The van der Waals surface area contributed by atoms with Crippen molar-refractivity contribution in [3.8, 4) is 0 Å². The summed E-state index contributed by atoms with van der Waals surface area (Å²) >= 11 is 0. The van der Waals surface area contributed by atoms with Crippen LogP contribution in [0.5, 0.6) is 0 Å². The molecule has 10 heavy (non-hydrogen) atoms. The maximum absolute atomic E-state index is 10.3. The number of ether oxygens (including phenoxy) is 1. The molecule has 0 saturated carbocycles. The zero-order valence-corrected chi connectivity index (χ0v) is 7.39. The lowest BCUT2D eigenvalue weighted by Crippen LogP contribution is -2.22. The third kappa shape index (κ3) is 10.3. The first-order valence-corrected chi connectivity index (χ1v) is 3.55. The Hall–Kier alpha value is -0.730. The van der Waals surface area contributed by atoms with Crippen molar-refractivity contribution in [2.24, 2.45) is 0 Å². The molecular weight excluding hydrogens is 130 g/mol. The van der Waals surface area contributed by atoms with Crippen molar-refractivity contribution in [1.82, 2.24) is 5.32 Å². The van der Waals surface area contributed by atoms with Crippen LogP contribution in [-0.4, -0.2) is 19.2 Å². The van der Waals surface area contributed by atoms with E-state index in [4.69, 9.17) is 0 Å². The summed E-state index contributed by atoms with van der Waals surface area (Å²) in [6.45, 7) is 7.60. The van der Waals surface area contributed by atoms with Gasteiger partial charge in [-0.05, 0) is 13.8 Å². The number of amides is 1. The SMILES string of the molecule is CC.CNC(=O)OC(C)C. The summed E-state index contributed by atoms with van der Waals surface area (Å²) in [5.41, 5.74) is 0. The highest BCUT2D eigenvalue weighted by Gasteiger charge is 1.98. The molecule has 0 aliphatic heterocycles. The smallest absolute Gasteiger partial charge is 0.407 e. The quantitative estimate of drug-likeness (QED) is 0.614. The highest BCUT2D eigenvalue weighted by Crippen LogP contribution is 1.85. The highest BCUT2D eigenvalue weighted by molar-refractivity contribution is 5.66. The fourth-order valence-electron chi connectivity index (χ4n) is 0.273. The van der Waals surface area contributed by atoms with Gasteiger partial charge in [0.05, 0.1) is 6.10 Å². The predicted molar refractivity (Wildman–Crippen MR) is 42.0 cm³/mol. The van der Waals surface area contributed by atoms with Crippen molar-refractivity contribution in [2.45, 2.75) is 33.8 Å². The topological polar surface area (TPSA) is 38.3 Å². The molecule has 0 fully saturated rings. The number of carbonyl (C=O) groups is 1. The van der Waals surface area contributed by atoms with E-state index in [0.29, 0.717) is 0 Å². The molecule has 0 bridgehead atoms. The van der Waals surface area contributed by atoms with Crippen LogP contribution in [0.1, 0.15) is 27.7 Å². The van der Waals surface area contributed by atoms with Gasteiger partial charge in [0.2, 0.25) is 0 Å². The maximum atomic E-state index is 10.3. The molecule has 0 rings (SSSR count). The van der Waals surface area contributed by atoms with E-state index < -0.39 is 0 Å². The number of rotatable bonds is 1. The average Bonchev–Trinajstić information content (AvgIpc) is 1.91. The third-order valence-electron chi connectivity index (χ3n) is 0.547. The second kappa shape index (κ2) is 8.27. The molecule has 0 saturated heterocycles. The lowest BCUT2D eigenvalue weighted by molar-refractivity contribution is 0.117. The predicted octanol–water partition coefficient (Wildman–Crippen LogP) is 1.78. The van der Waals surface area contributed by atoms with Gasteiger partial charge < -0.3 is 10.1 Å². The molecule has 3 heteroatoms. The zero-order chi connectivity index (χ0) is 8.57. The number of nitrogens with one attached hydrogen (secondary N) is 1. The monoisotopic (exact) mass is 147 g/mol. The largest absolute Gasteiger partial charge is 0.447 e. The van der Waals surface area contributed by atoms with Crippen LogP contribution in [0, 0.1) is 0 Å². The Morgan fingerprint density at radius 1 is 1.40 bits per heavy atom. The van der Waals surface area contributed by atoms with E-state index in [-0.39, 0.29) is 12.2 Å². The summed E-state index contributed by atoms with van der Waals surface area (Å²) < 4.78 is 4.65. The van der Waals surface area contributed by atoms with E-state index in [1.165, 1.54) is 7.05 Å². The molecule has 0 spiro atoms. The lowest BCUT2D eigenvalue weighted by atomic mass is 10.5. The van der Waals surface area contributed by atoms with Crippen molar-refractivity contribution in [3.63, 3.8) is 0 Å². The van der Waals surface area contributed by atoms with Crippen LogP contribution < -0.4 is 5.32 Å². The second-order valence-electron chi connectivity index (χ2n) is 1.70. The van der Waals surface area contributed by atoms with Gasteiger partial charge in [0, 0.05) is 7.05 Å². The summed E-state index contributed by atoms with van der Waals surface area (Å²) in [4.78, 5) is 10.3. The Balaban J connectivity index is 0. The first-order chi connectivity index (χ1) is 4.66. The van der Waals surface area contributed by atoms with E-state index in [9.17, 15) is 4.79 Å². The van der Waals surface area contributed by atoms with Gasteiger partial charge in [0.25, 0.3) is 0 Å². The Bertz CT molecular complexity index is 81.7. The van der Waals surface area contributed by atoms with Crippen molar-refractivity contribution in [1.29, 1.82) is 0 Å². The van der Waals surface area contributed by atoms with Crippen molar-refractivity contribution >= 4 is 6.09 Å². The van der Waals surface area contributed by atoms with Gasteiger partial charge in [-0.15, -0.1) is 0 Å². The van der Waals surface area contributed by atoms with E-state index in [1.54, 1.807) is 13.8 Å². The Morgan fingerprint density at radius 2 is 1.80 bits per heavy atom. The van der Waals surface area contributed by atoms with Crippen LogP contribution in [0.3, 0.4) is 0 Å². The van der Waals surface area contributed by atoms with E-state index >= 15 is 0 Å². The van der Waals surface area contributed by atoms with Gasteiger partial charge in [-0.2, -0.15) is 0 Å². The van der Waals surface area contributed by atoms with Crippen LogP contribution in [0.2, 0.25) is 0 Å². The standard InChI is InChI=1S/C5H11NO2.C2H6/c1-4(2)8-5(7)6-3;1-2/h4H,1-3H3,(H,6,7);1-2H3. The minimum atomic E-state index is -0.375. The summed E-state index contributed by atoms with van der Waals surface area (Å²) in [6.07, 6.45) is -0.407. The molecule has 0 aliphatic carbocycles. The van der Waals surface area contributed by atoms with Gasteiger partial charge in [-0.1, -0.05) is 13.8 Å². The summed E-state index contributed by atoms with van der Waals surface area (Å²) in [5.74, 6) is 0. The normalized spacial score (nSPS) is 7.80. The van der Waals surface area contributed by atoms with Crippen molar-refractivity contribution in [3.05, 3.63) is 0 Å². The third-order valence-corrected chi connectivity index (χ3v) is 0.547. The molecule has 0 heterocycles. The van der Waals surface area contributed by atoms with Gasteiger partial charge in [0.1, 0.15) is 0 Å². The van der Waals surface area contributed by atoms with E-state index in [2.05, 4.69) is 10.1 Å². The highest BCUT2D eigenvalue weighted by atomic mass is 16.6. The molecule has 0 aromatic carbocycles. The number of hydrogen-bond acceptors (Lipinski definition) is 2. The van der Waals surface area contributed by atoms with Crippen LogP contribution in [0.15, 0.2) is 0 Å². The molecular formula is C7H17NO2. The molecule has 1 amide bonds. The molecule has 62 valence electrons. The van der Waals surface area contributed by atoms with Crippen LogP contribution >= 0.6 is 0 Å². The van der Waals surface area contributed by atoms with Crippen LogP contribution in [0.25, 0.3) is 0 Å². The fourth-order valence-corrected chi connectivity index (χ4v) is 0.273. The number of carbonyl (C=O) groups excluding carboxylic acids is 1. The van der Waals surface area contributed by atoms with Gasteiger partial charge in [-0.25, -0.2) is 4.79 Å². The Labute approximate surface area is 62.8 Å². The Kier molecular flexibility index (Phi) is 9.92. The second-order valence-corrected chi connectivity index (χ2v) is 1.70. The molecule has 0 aliphatic rings. The average molecular weight is 147 g/mol. The van der Waals surface area contributed by atoms with E-state index in [1.807, 2.05) is 13.8 Å². The summed E-state index contributed by atoms with van der Waals surface area (Å²) in [6, 6.07) is 0. The number of hydrogen-bond donors (Lipinski definition) is 1. The molecule has 0 aromatic heterocycles. The first-order valence-electron chi connectivity index (χ1n) is 3.55. The molecule has 0 aromatic rings. The zero-order valence-electron chi connectivity index (χ0n) is 7.39. The first kappa shape index (κ1) is 12.0. The van der Waals surface area contributed by atoms with Crippen molar-refractivity contribution < 1.29 is 9.53 Å². The summed E-state index contributed by atoms with van der Waals surface area (Å²) in [7, 11) is 1.53. The number of alkyl carbamates (subject to hydrolysis) is 1. The van der Waals surface area contributed by atoms with Crippen LogP contribution in [0.4, 0.5) is 4.79 Å². The van der Waals surface area contributed by atoms with Gasteiger partial charge in [-0.3, -0.25) is 0 Å². The minimum Gasteiger partial charge on any atom is -0.447 e.